The standard InChI is InChI=1S/C14H29NO2/c15-14(9-5-1-2-6-10-14)13-17-12-8-4-3-7-11-16/h16H,1-13,15H2. The molecule has 3 nitrogen and oxygen atoms in total. The lowest BCUT2D eigenvalue weighted by Gasteiger charge is -2.27. The van der Waals surface area contributed by atoms with Crippen molar-refractivity contribution in [3.05, 3.63) is 0 Å². The molecule has 1 rings (SSSR count). The maximum absolute atomic E-state index is 8.65. The molecule has 0 unspecified atom stereocenters. The number of hydrogen-bond donors (Lipinski definition) is 2. The number of ether oxygens (including phenoxy) is 1. The van der Waals surface area contributed by atoms with Crippen LogP contribution >= 0.6 is 0 Å². The lowest BCUT2D eigenvalue weighted by molar-refractivity contribution is 0.0750. The average Bonchev–Trinajstić information content (AvgIpc) is 2.53. The maximum Gasteiger partial charge on any atom is 0.0646 e. The van der Waals surface area contributed by atoms with Crippen molar-refractivity contribution < 1.29 is 9.84 Å². The highest BCUT2D eigenvalue weighted by atomic mass is 16.5. The van der Waals surface area contributed by atoms with Crippen LogP contribution in [-0.2, 0) is 4.74 Å². The van der Waals surface area contributed by atoms with Crippen molar-refractivity contribution in [3.63, 3.8) is 0 Å². The summed E-state index contributed by atoms with van der Waals surface area (Å²) in [5, 5.41) is 8.65. The molecule has 1 fully saturated rings. The molecule has 0 aromatic heterocycles. The zero-order chi connectivity index (χ0) is 12.4. The fraction of sp³-hybridized carbons (Fsp3) is 1.00. The van der Waals surface area contributed by atoms with E-state index in [2.05, 4.69) is 0 Å². The predicted octanol–water partition coefficient (Wildman–Crippen LogP) is 2.61. The van der Waals surface area contributed by atoms with Crippen molar-refractivity contribution in [2.24, 2.45) is 5.73 Å². The van der Waals surface area contributed by atoms with Crippen LogP contribution in [0.25, 0.3) is 0 Å². The Labute approximate surface area is 106 Å². The molecule has 0 spiro atoms. The molecule has 1 saturated carbocycles. The van der Waals surface area contributed by atoms with Gasteiger partial charge in [0.25, 0.3) is 0 Å². The van der Waals surface area contributed by atoms with Crippen LogP contribution < -0.4 is 5.73 Å². The lowest BCUT2D eigenvalue weighted by Crippen LogP contribution is -2.44. The molecule has 0 atom stereocenters. The van der Waals surface area contributed by atoms with Crippen molar-refractivity contribution in [3.8, 4) is 0 Å². The Morgan fingerprint density at radius 1 is 0.941 bits per heavy atom. The van der Waals surface area contributed by atoms with Crippen LogP contribution in [-0.4, -0.2) is 30.5 Å². The second kappa shape index (κ2) is 8.90. The smallest absolute Gasteiger partial charge is 0.0646 e. The topological polar surface area (TPSA) is 55.5 Å². The van der Waals surface area contributed by atoms with Crippen molar-refractivity contribution in [1.29, 1.82) is 0 Å². The van der Waals surface area contributed by atoms with E-state index in [-0.39, 0.29) is 5.54 Å². The molecule has 0 aliphatic heterocycles. The zero-order valence-corrected chi connectivity index (χ0v) is 11.1. The van der Waals surface area contributed by atoms with E-state index in [0.29, 0.717) is 6.61 Å². The zero-order valence-electron chi connectivity index (χ0n) is 11.1. The van der Waals surface area contributed by atoms with Crippen LogP contribution in [0.1, 0.15) is 64.2 Å². The van der Waals surface area contributed by atoms with Crippen LogP contribution in [0.5, 0.6) is 0 Å². The van der Waals surface area contributed by atoms with E-state index in [1.54, 1.807) is 0 Å². The molecule has 1 aliphatic carbocycles. The third kappa shape index (κ3) is 7.02. The average molecular weight is 243 g/mol. The number of aliphatic hydroxyl groups is 1. The molecular formula is C14H29NO2. The Kier molecular flexibility index (Phi) is 7.82. The maximum atomic E-state index is 8.65. The molecule has 0 amide bonds. The predicted molar refractivity (Wildman–Crippen MR) is 71.0 cm³/mol. The van der Waals surface area contributed by atoms with Crippen molar-refractivity contribution in [2.45, 2.75) is 69.7 Å². The fourth-order valence-corrected chi connectivity index (χ4v) is 2.52. The Balaban J connectivity index is 2.00. The molecule has 102 valence electrons. The monoisotopic (exact) mass is 243 g/mol. The van der Waals surface area contributed by atoms with Crippen molar-refractivity contribution in [1.82, 2.24) is 0 Å². The molecule has 1 aliphatic rings. The third-order valence-corrected chi connectivity index (χ3v) is 3.69. The van der Waals surface area contributed by atoms with Crippen LogP contribution in [0.2, 0.25) is 0 Å². The summed E-state index contributed by atoms with van der Waals surface area (Å²) in [5.41, 5.74) is 6.31. The number of hydrogen-bond acceptors (Lipinski definition) is 3. The summed E-state index contributed by atoms with van der Waals surface area (Å²) in [4.78, 5) is 0. The molecule has 0 aromatic rings. The van der Waals surface area contributed by atoms with E-state index in [1.807, 2.05) is 0 Å². The van der Waals surface area contributed by atoms with Gasteiger partial charge in [0.15, 0.2) is 0 Å². The normalized spacial score (nSPS) is 20.1. The van der Waals surface area contributed by atoms with Crippen molar-refractivity contribution in [2.75, 3.05) is 19.8 Å². The number of rotatable bonds is 8. The van der Waals surface area contributed by atoms with Gasteiger partial charge in [0.1, 0.15) is 0 Å². The van der Waals surface area contributed by atoms with E-state index in [1.165, 1.54) is 25.7 Å². The van der Waals surface area contributed by atoms with Gasteiger partial charge in [-0.2, -0.15) is 0 Å². The molecule has 0 heterocycles. The summed E-state index contributed by atoms with van der Waals surface area (Å²) in [6.45, 7) is 1.87. The van der Waals surface area contributed by atoms with Crippen LogP contribution in [0.3, 0.4) is 0 Å². The summed E-state index contributed by atoms with van der Waals surface area (Å²) < 4.78 is 5.72. The van der Waals surface area contributed by atoms with E-state index in [0.717, 1.165) is 51.7 Å². The summed E-state index contributed by atoms with van der Waals surface area (Å²) in [6, 6.07) is 0. The quantitative estimate of drug-likeness (QED) is 0.509. The summed E-state index contributed by atoms with van der Waals surface area (Å²) in [5.74, 6) is 0. The highest BCUT2D eigenvalue weighted by Gasteiger charge is 2.26. The van der Waals surface area contributed by atoms with Crippen LogP contribution in [0.15, 0.2) is 0 Å². The van der Waals surface area contributed by atoms with Gasteiger partial charge in [0.2, 0.25) is 0 Å². The first kappa shape index (κ1) is 14.9. The first-order valence-corrected chi connectivity index (χ1v) is 7.24. The molecule has 0 bridgehead atoms. The summed E-state index contributed by atoms with van der Waals surface area (Å²) >= 11 is 0. The SMILES string of the molecule is NC1(COCCCCCCO)CCCCCC1. The highest BCUT2D eigenvalue weighted by molar-refractivity contribution is 4.85. The molecule has 3 heteroatoms. The molecule has 3 N–H and O–H groups in total. The first-order chi connectivity index (χ1) is 8.27. The number of unbranched alkanes of at least 4 members (excludes halogenated alkanes) is 3. The second-order valence-corrected chi connectivity index (χ2v) is 5.47. The van der Waals surface area contributed by atoms with Gasteiger partial charge in [0, 0.05) is 18.8 Å². The minimum absolute atomic E-state index is 0.0540. The Morgan fingerprint density at radius 2 is 1.59 bits per heavy atom. The van der Waals surface area contributed by atoms with Crippen LogP contribution in [0.4, 0.5) is 0 Å². The van der Waals surface area contributed by atoms with Gasteiger partial charge in [-0.15, -0.1) is 0 Å². The van der Waals surface area contributed by atoms with Gasteiger partial charge in [-0.1, -0.05) is 38.5 Å². The molecular weight excluding hydrogens is 214 g/mol. The van der Waals surface area contributed by atoms with Gasteiger partial charge >= 0.3 is 0 Å². The number of aliphatic hydroxyl groups excluding tert-OH is 1. The minimum Gasteiger partial charge on any atom is -0.396 e. The van der Waals surface area contributed by atoms with Gasteiger partial charge < -0.3 is 15.6 Å². The van der Waals surface area contributed by atoms with E-state index >= 15 is 0 Å². The minimum atomic E-state index is -0.0540. The van der Waals surface area contributed by atoms with Gasteiger partial charge in [-0.25, -0.2) is 0 Å². The van der Waals surface area contributed by atoms with E-state index in [4.69, 9.17) is 15.6 Å². The molecule has 0 saturated heterocycles. The molecule has 0 aromatic carbocycles. The molecule has 17 heavy (non-hydrogen) atoms. The largest absolute Gasteiger partial charge is 0.396 e. The van der Waals surface area contributed by atoms with E-state index < -0.39 is 0 Å². The Morgan fingerprint density at radius 3 is 2.24 bits per heavy atom. The third-order valence-electron chi connectivity index (χ3n) is 3.69. The second-order valence-electron chi connectivity index (χ2n) is 5.47. The van der Waals surface area contributed by atoms with Gasteiger partial charge in [0.05, 0.1) is 6.61 Å². The lowest BCUT2D eigenvalue weighted by atomic mass is 9.93. The van der Waals surface area contributed by atoms with Crippen LogP contribution in [0, 0.1) is 0 Å². The number of nitrogens with two attached hydrogens (primary N) is 1. The summed E-state index contributed by atoms with van der Waals surface area (Å²) in [7, 11) is 0. The van der Waals surface area contributed by atoms with Gasteiger partial charge in [-0.05, 0) is 25.7 Å². The van der Waals surface area contributed by atoms with E-state index in [9.17, 15) is 0 Å². The Bertz CT molecular complexity index is 177. The fourth-order valence-electron chi connectivity index (χ4n) is 2.52. The highest BCUT2D eigenvalue weighted by Crippen LogP contribution is 2.25. The molecule has 0 radical (unpaired) electrons. The van der Waals surface area contributed by atoms with Gasteiger partial charge in [-0.3, -0.25) is 0 Å². The first-order valence-electron chi connectivity index (χ1n) is 7.24. The summed E-state index contributed by atoms with van der Waals surface area (Å²) in [6.07, 6.45) is 11.7. The van der Waals surface area contributed by atoms with Crippen molar-refractivity contribution >= 4 is 0 Å². The Hall–Kier alpha value is -0.120.